The van der Waals surface area contributed by atoms with Crippen LogP contribution >= 0.6 is 0 Å². The Bertz CT molecular complexity index is 1140. The molecule has 0 aliphatic carbocycles. The third kappa shape index (κ3) is 3.55. The van der Waals surface area contributed by atoms with E-state index >= 15 is 0 Å². The van der Waals surface area contributed by atoms with Gasteiger partial charge < -0.3 is 9.97 Å². The van der Waals surface area contributed by atoms with Gasteiger partial charge in [0.2, 0.25) is 0 Å². The summed E-state index contributed by atoms with van der Waals surface area (Å²) < 4.78 is 28.1. The average Bonchev–Trinajstić information content (AvgIpc) is 2.93. The summed E-state index contributed by atoms with van der Waals surface area (Å²) in [5.41, 5.74) is 1.83. The number of H-pyrrole nitrogens is 2. The molecular weight excluding hydrogens is 354 g/mol. The first-order valence-corrected chi connectivity index (χ1v) is 9.67. The lowest BCUT2D eigenvalue weighted by Crippen LogP contribution is -2.14. The number of fused-ring (bicyclic) bond motifs is 1. The molecule has 3 aromatic rings. The smallest absolute Gasteiger partial charge is 0.306 e. The number of aromatic amines is 2. The van der Waals surface area contributed by atoms with Crippen molar-refractivity contribution in [2.45, 2.75) is 31.6 Å². The fourth-order valence-electron chi connectivity index (χ4n) is 2.80. The third-order valence-electron chi connectivity index (χ3n) is 4.01. The van der Waals surface area contributed by atoms with E-state index in [1.165, 1.54) is 12.1 Å². The van der Waals surface area contributed by atoms with Crippen LogP contribution in [0.15, 0.2) is 46.1 Å². The fraction of sp³-hybridized carbons (Fsp3) is 0.222. The standard InChI is InChI=1S/C18H19N3O4S/c1-3-5-16(22)12-6-4-7-13(9-12)21-26(24,25)17-10-15-14(8-11(17)2)19-18(23)20-15/h4,6-10,21H,3,5H2,1-2H3,(H2,19,20,23). The second-order valence-electron chi connectivity index (χ2n) is 6.10. The number of benzene rings is 2. The normalized spacial score (nSPS) is 11.6. The molecule has 0 unspecified atom stereocenters. The number of hydrogen-bond acceptors (Lipinski definition) is 4. The zero-order chi connectivity index (χ0) is 18.9. The highest BCUT2D eigenvalue weighted by atomic mass is 32.2. The number of imidazole rings is 1. The number of Topliss-reactive ketones (excluding diaryl/α,β-unsaturated/α-hetero) is 1. The maximum Gasteiger partial charge on any atom is 0.323 e. The lowest BCUT2D eigenvalue weighted by Gasteiger charge is -2.11. The van der Waals surface area contributed by atoms with E-state index in [0.717, 1.165) is 6.42 Å². The highest BCUT2D eigenvalue weighted by Gasteiger charge is 2.19. The maximum atomic E-state index is 12.8. The molecule has 0 aliphatic heterocycles. The zero-order valence-corrected chi connectivity index (χ0v) is 15.2. The number of anilines is 1. The number of nitrogens with one attached hydrogen (secondary N) is 3. The van der Waals surface area contributed by atoms with Crippen molar-refractivity contribution in [1.82, 2.24) is 9.97 Å². The molecule has 0 spiro atoms. The summed E-state index contributed by atoms with van der Waals surface area (Å²) in [6.45, 7) is 3.56. The molecule has 1 heterocycles. The number of carbonyl (C=O) groups excluding carboxylic acids is 1. The molecule has 0 radical (unpaired) electrons. The Morgan fingerprint density at radius 3 is 2.50 bits per heavy atom. The summed E-state index contributed by atoms with van der Waals surface area (Å²) in [6.07, 6.45) is 1.13. The molecule has 26 heavy (non-hydrogen) atoms. The lowest BCUT2D eigenvalue weighted by molar-refractivity contribution is 0.0981. The van der Waals surface area contributed by atoms with E-state index in [4.69, 9.17) is 0 Å². The van der Waals surface area contributed by atoms with Crippen LogP contribution in [0.5, 0.6) is 0 Å². The van der Waals surface area contributed by atoms with Gasteiger partial charge in [-0.05, 0) is 43.2 Å². The minimum absolute atomic E-state index is 0.0314. The van der Waals surface area contributed by atoms with Crippen molar-refractivity contribution in [3.63, 3.8) is 0 Å². The molecule has 8 heteroatoms. The Balaban J connectivity index is 1.97. The Morgan fingerprint density at radius 1 is 1.12 bits per heavy atom. The van der Waals surface area contributed by atoms with E-state index in [2.05, 4.69) is 14.7 Å². The summed E-state index contributed by atoms with van der Waals surface area (Å²) in [5, 5.41) is 0. The van der Waals surface area contributed by atoms with Crippen molar-refractivity contribution in [2.75, 3.05) is 4.72 Å². The van der Waals surface area contributed by atoms with E-state index in [1.54, 1.807) is 31.2 Å². The van der Waals surface area contributed by atoms with Crippen LogP contribution in [-0.4, -0.2) is 24.2 Å². The van der Waals surface area contributed by atoms with Crippen molar-refractivity contribution < 1.29 is 13.2 Å². The van der Waals surface area contributed by atoms with Gasteiger partial charge in [0.1, 0.15) is 0 Å². The van der Waals surface area contributed by atoms with Gasteiger partial charge in [-0.15, -0.1) is 0 Å². The Morgan fingerprint density at radius 2 is 1.81 bits per heavy atom. The van der Waals surface area contributed by atoms with Crippen LogP contribution in [0.25, 0.3) is 11.0 Å². The number of ketones is 1. The van der Waals surface area contributed by atoms with Crippen molar-refractivity contribution >= 4 is 32.5 Å². The number of carbonyl (C=O) groups is 1. The molecule has 3 rings (SSSR count). The zero-order valence-electron chi connectivity index (χ0n) is 14.4. The molecule has 136 valence electrons. The van der Waals surface area contributed by atoms with Crippen molar-refractivity contribution in [2.24, 2.45) is 0 Å². The molecule has 0 bridgehead atoms. The molecule has 2 aromatic carbocycles. The van der Waals surface area contributed by atoms with Crippen molar-refractivity contribution in [3.8, 4) is 0 Å². The minimum Gasteiger partial charge on any atom is -0.306 e. The maximum absolute atomic E-state index is 12.8. The first-order chi connectivity index (χ1) is 12.3. The SMILES string of the molecule is CCCC(=O)c1cccc(NS(=O)(=O)c2cc3[nH]c(=O)[nH]c3cc2C)c1. The summed E-state index contributed by atoms with van der Waals surface area (Å²) >= 11 is 0. The molecular formula is C18H19N3O4S. The lowest BCUT2D eigenvalue weighted by atomic mass is 10.1. The number of aryl methyl sites for hydroxylation is 1. The van der Waals surface area contributed by atoms with Crippen molar-refractivity contribution in [3.05, 3.63) is 58.0 Å². The molecule has 0 fully saturated rings. The van der Waals surface area contributed by atoms with Crippen LogP contribution in [-0.2, 0) is 10.0 Å². The molecule has 1 aromatic heterocycles. The van der Waals surface area contributed by atoms with Gasteiger partial charge in [0.25, 0.3) is 10.0 Å². The first-order valence-electron chi connectivity index (χ1n) is 8.19. The van der Waals surface area contributed by atoms with E-state index in [9.17, 15) is 18.0 Å². The van der Waals surface area contributed by atoms with Gasteiger partial charge in [0, 0.05) is 17.7 Å². The van der Waals surface area contributed by atoms with Gasteiger partial charge in [0.15, 0.2) is 5.78 Å². The number of sulfonamides is 1. The van der Waals surface area contributed by atoms with Gasteiger partial charge >= 0.3 is 5.69 Å². The monoisotopic (exact) mass is 373 g/mol. The highest BCUT2D eigenvalue weighted by molar-refractivity contribution is 7.92. The fourth-order valence-corrected chi connectivity index (χ4v) is 4.10. The molecule has 0 saturated heterocycles. The second kappa shape index (κ2) is 6.80. The molecule has 0 saturated carbocycles. The Kier molecular flexibility index (Phi) is 4.69. The molecule has 0 atom stereocenters. The predicted molar refractivity (Wildman–Crippen MR) is 100 cm³/mol. The van der Waals surface area contributed by atoms with Crippen LogP contribution in [0.1, 0.15) is 35.7 Å². The van der Waals surface area contributed by atoms with Crippen LogP contribution in [0, 0.1) is 6.92 Å². The summed E-state index contributed by atoms with van der Waals surface area (Å²) in [7, 11) is -3.88. The summed E-state index contributed by atoms with van der Waals surface area (Å²) in [4.78, 5) is 28.6. The van der Waals surface area contributed by atoms with Crippen molar-refractivity contribution in [1.29, 1.82) is 0 Å². The topological polar surface area (TPSA) is 112 Å². The minimum atomic E-state index is -3.88. The van der Waals surface area contributed by atoms with E-state index in [1.807, 2.05) is 6.92 Å². The van der Waals surface area contributed by atoms with Gasteiger partial charge in [-0.3, -0.25) is 9.52 Å². The number of rotatable bonds is 6. The highest BCUT2D eigenvalue weighted by Crippen LogP contribution is 2.23. The van der Waals surface area contributed by atoms with Gasteiger partial charge in [-0.2, -0.15) is 0 Å². The van der Waals surface area contributed by atoms with Crippen LogP contribution in [0.4, 0.5) is 5.69 Å². The molecule has 0 amide bonds. The molecule has 3 N–H and O–H groups in total. The van der Waals surface area contributed by atoms with E-state index < -0.39 is 15.7 Å². The second-order valence-corrected chi connectivity index (χ2v) is 7.75. The Labute approximate surface area is 150 Å². The average molecular weight is 373 g/mol. The van der Waals surface area contributed by atoms with E-state index in [-0.39, 0.29) is 10.7 Å². The summed E-state index contributed by atoms with van der Waals surface area (Å²) in [6, 6.07) is 9.44. The van der Waals surface area contributed by atoms with Crippen LogP contribution < -0.4 is 10.4 Å². The quantitative estimate of drug-likeness (QED) is 0.577. The summed E-state index contributed by atoms with van der Waals surface area (Å²) in [5.74, 6) is -0.0314. The number of aromatic nitrogens is 2. The molecule has 7 nitrogen and oxygen atoms in total. The number of hydrogen-bond donors (Lipinski definition) is 3. The third-order valence-corrected chi connectivity index (χ3v) is 5.54. The predicted octanol–water partition coefficient (Wildman–Crippen LogP) is 2.95. The van der Waals surface area contributed by atoms with E-state index in [0.29, 0.717) is 34.3 Å². The van der Waals surface area contributed by atoms with Gasteiger partial charge in [0.05, 0.1) is 15.9 Å². The van der Waals surface area contributed by atoms with Gasteiger partial charge in [-0.1, -0.05) is 19.1 Å². The first kappa shape index (κ1) is 17.9. The van der Waals surface area contributed by atoms with Crippen LogP contribution in [0.3, 0.4) is 0 Å². The Hall–Kier alpha value is -2.87. The molecule has 0 aliphatic rings. The van der Waals surface area contributed by atoms with Gasteiger partial charge in [-0.25, -0.2) is 13.2 Å². The van der Waals surface area contributed by atoms with Crippen LogP contribution in [0.2, 0.25) is 0 Å². The largest absolute Gasteiger partial charge is 0.323 e.